The van der Waals surface area contributed by atoms with E-state index in [0.29, 0.717) is 12.2 Å². The van der Waals surface area contributed by atoms with Crippen LogP contribution in [0.3, 0.4) is 0 Å². The van der Waals surface area contributed by atoms with Crippen molar-refractivity contribution in [1.29, 1.82) is 0 Å². The second-order valence-electron chi connectivity index (χ2n) is 5.65. The van der Waals surface area contributed by atoms with E-state index in [2.05, 4.69) is 15.6 Å². The summed E-state index contributed by atoms with van der Waals surface area (Å²) in [5.74, 6) is -0.523. The van der Waals surface area contributed by atoms with Gasteiger partial charge in [-0.2, -0.15) is 0 Å². The zero-order valence-corrected chi connectivity index (χ0v) is 13.5. The molecule has 0 fully saturated rings. The van der Waals surface area contributed by atoms with Gasteiger partial charge in [-0.15, -0.1) is 11.3 Å². The fraction of sp³-hybridized carbons (Fsp3) is 0.333. The van der Waals surface area contributed by atoms with Gasteiger partial charge in [0.1, 0.15) is 11.4 Å². The zero-order valence-electron chi connectivity index (χ0n) is 12.6. The molecule has 1 aromatic carbocycles. The van der Waals surface area contributed by atoms with Gasteiger partial charge in [-0.1, -0.05) is 0 Å². The minimum absolute atomic E-state index is 0.0672. The van der Waals surface area contributed by atoms with Gasteiger partial charge in [-0.05, 0) is 39.0 Å². The molecule has 0 spiro atoms. The first kappa shape index (κ1) is 16.2. The second-order valence-corrected chi connectivity index (χ2v) is 6.37. The normalized spacial score (nSPS) is 11.1. The number of amides is 1. The molecule has 0 saturated carbocycles. The number of anilines is 2. The van der Waals surface area contributed by atoms with Gasteiger partial charge in [0.15, 0.2) is 0 Å². The summed E-state index contributed by atoms with van der Waals surface area (Å²) in [6, 6.07) is 4.41. The SMILES string of the molecule is CC(C)(C)OC(=O)Nc1cc(NCc2cscn2)ccc1F. The number of benzene rings is 1. The monoisotopic (exact) mass is 323 g/mol. The number of carbonyl (C=O) groups is 1. The predicted molar refractivity (Wildman–Crippen MR) is 85.7 cm³/mol. The smallest absolute Gasteiger partial charge is 0.412 e. The predicted octanol–water partition coefficient (Wildman–Crippen LogP) is 4.24. The Morgan fingerprint density at radius 1 is 1.41 bits per heavy atom. The van der Waals surface area contributed by atoms with Gasteiger partial charge < -0.3 is 10.1 Å². The third-order valence-corrected chi connectivity index (χ3v) is 3.19. The molecular weight excluding hydrogens is 305 g/mol. The van der Waals surface area contributed by atoms with E-state index in [1.54, 1.807) is 32.3 Å². The van der Waals surface area contributed by atoms with E-state index in [4.69, 9.17) is 4.74 Å². The lowest BCUT2D eigenvalue weighted by Gasteiger charge is -2.20. The summed E-state index contributed by atoms with van der Waals surface area (Å²) in [6.45, 7) is 5.76. The average molecular weight is 323 g/mol. The third-order valence-electron chi connectivity index (χ3n) is 2.56. The van der Waals surface area contributed by atoms with E-state index in [-0.39, 0.29) is 5.69 Å². The summed E-state index contributed by atoms with van der Waals surface area (Å²) in [6.07, 6.45) is -0.692. The average Bonchev–Trinajstić information content (AvgIpc) is 2.90. The Kier molecular flexibility index (Phi) is 4.97. The van der Waals surface area contributed by atoms with Crippen molar-refractivity contribution < 1.29 is 13.9 Å². The molecule has 7 heteroatoms. The fourth-order valence-electron chi connectivity index (χ4n) is 1.66. The van der Waals surface area contributed by atoms with Crippen molar-refractivity contribution in [1.82, 2.24) is 4.98 Å². The Morgan fingerprint density at radius 3 is 2.82 bits per heavy atom. The zero-order chi connectivity index (χ0) is 16.2. The quantitative estimate of drug-likeness (QED) is 0.883. The highest BCUT2D eigenvalue weighted by molar-refractivity contribution is 7.07. The molecule has 0 radical (unpaired) electrons. The number of aromatic nitrogens is 1. The number of hydrogen-bond donors (Lipinski definition) is 2. The lowest BCUT2D eigenvalue weighted by atomic mass is 10.2. The molecule has 0 aliphatic carbocycles. The Morgan fingerprint density at radius 2 is 2.18 bits per heavy atom. The van der Waals surface area contributed by atoms with Gasteiger partial charge in [0, 0.05) is 11.1 Å². The van der Waals surface area contributed by atoms with Gasteiger partial charge in [0.25, 0.3) is 0 Å². The molecular formula is C15H18FN3O2S. The summed E-state index contributed by atoms with van der Waals surface area (Å²) in [4.78, 5) is 15.9. The van der Waals surface area contributed by atoms with Crippen molar-refractivity contribution in [3.8, 4) is 0 Å². The highest BCUT2D eigenvalue weighted by atomic mass is 32.1. The number of halogens is 1. The number of nitrogens with one attached hydrogen (secondary N) is 2. The summed E-state index contributed by atoms with van der Waals surface area (Å²) in [5.41, 5.74) is 2.76. The van der Waals surface area contributed by atoms with E-state index < -0.39 is 17.5 Å². The van der Waals surface area contributed by atoms with Crippen LogP contribution in [0.5, 0.6) is 0 Å². The lowest BCUT2D eigenvalue weighted by molar-refractivity contribution is 0.0635. The van der Waals surface area contributed by atoms with Gasteiger partial charge in [-0.3, -0.25) is 5.32 Å². The van der Waals surface area contributed by atoms with E-state index in [0.717, 1.165) is 5.69 Å². The van der Waals surface area contributed by atoms with Crippen LogP contribution in [0.1, 0.15) is 26.5 Å². The third kappa shape index (κ3) is 5.00. The molecule has 0 aliphatic rings. The van der Waals surface area contributed by atoms with E-state index in [9.17, 15) is 9.18 Å². The van der Waals surface area contributed by atoms with Gasteiger partial charge >= 0.3 is 6.09 Å². The van der Waals surface area contributed by atoms with Crippen molar-refractivity contribution >= 4 is 28.8 Å². The number of carbonyl (C=O) groups excluding carboxylic acids is 1. The molecule has 0 atom stereocenters. The number of hydrogen-bond acceptors (Lipinski definition) is 5. The van der Waals surface area contributed by atoms with Crippen LogP contribution >= 0.6 is 11.3 Å². The molecule has 22 heavy (non-hydrogen) atoms. The second kappa shape index (κ2) is 6.74. The molecule has 2 rings (SSSR count). The summed E-state index contributed by atoms with van der Waals surface area (Å²) in [7, 11) is 0. The fourth-order valence-corrected chi connectivity index (χ4v) is 2.22. The van der Waals surface area contributed by atoms with E-state index in [1.165, 1.54) is 23.5 Å². The van der Waals surface area contributed by atoms with Crippen LogP contribution in [0.25, 0.3) is 0 Å². The maximum Gasteiger partial charge on any atom is 0.412 e. The summed E-state index contributed by atoms with van der Waals surface area (Å²) < 4.78 is 18.9. The molecule has 0 bridgehead atoms. The first-order valence-corrected chi connectivity index (χ1v) is 7.68. The van der Waals surface area contributed by atoms with Gasteiger partial charge in [-0.25, -0.2) is 14.2 Å². The minimum Gasteiger partial charge on any atom is -0.444 e. The van der Waals surface area contributed by atoms with Crippen LogP contribution in [0.2, 0.25) is 0 Å². The molecule has 2 aromatic rings. The Hall–Kier alpha value is -2.15. The van der Waals surface area contributed by atoms with Crippen molar-refractivity contribution in [2.45, 2.75) is 32.9 Å². The molecule has 0 aliphatic heterocycles. The molecule has 0 saturated heterocycles. The summed E-state index contributed by atoms with van der Waals surface area (Å²) in [5, 5.41) is 7.46. The first-order valence-electron chi connectivity index (χ1n) is 6.74. The largest absolute Gasteiger partial charge is 0.444 e. The van der Waals surface area contributed by atoms with Crippen LogP contribution in [0.15, 0.2) is 29.1 Å². The Labute approximate surface area is 132 Å². The first-order chi connectivity index (χ1) is 10.3. The maximum absolute atomic E-state index is 13.8. The molecule has 1 heterocycles. The number of ether oxygens (including phenoxy) is 1. The van der Waals surface area contributed by atoms with Crippen molar-refractivity contribution in [2.75, 3.05) is 10.6 Å². The van der Waals surface area contributed by atoms with Crippen LogP contribution in [0, 0.1) is 5.82 Å². The van der Waals surface area contributed by atoms with E-state index >= 15 is 0 Å². The number of nitrogens with zero attached hydrogens (tertiary/aromatic N) is 1. The Bertz CT molecular complexity index is 639. The number of thiazole rings is 1. The number of rotatable bonds is 4. The van der Waals surface area contributed by atoms with E-state index in [1.807, 2.05) is 5.38 Å². The van der Waals surface area contributed by atoms with Crippen LogP contribution in [-0.2, 0) is 11.3 Å². The highest BCUT2D eigenvalue weighted by Crippen LogP contribution is 2.21. The van der Waals surface area contributed by atoms with Crippen molar-refractivity contribution in [2.24, 2.45) is 0 Å². The van der Waals surface area contributed by atoms with Gasteiger partial charge in [0.05, 0.1) is 23.4 Å². The van der Waals surface area contributed by atoms with Gasteiger partial charge in [0.2, 0.25) is 0 Å². The van der Waals surface area contributed by atoms with Crippen LogP contribution in [-0.4, -0.2) is 16.7 Å². The minimum atomic E-state index is -0.692. The highest BCUT2D eigenvalue weighted by Gasteiger charge is 2.17. The molecule has 1 aromatic heterocycles. The summed E-state index contributed by atoms with van der Waals surface area (Å²) >= 11 is 1.51. The Balaban J connectivity index is 2.01. The molecule has 118 valence electrons. The maximum atomic E-state index is 13.8. The van der Waals surface area contributed by atoms with Crippen LogP contribution < -0.4 is 10.6 Å². The topological polar surface area (TPSA) is 63.2 Å². The lowest BCUT2D eigenvalue weighted by Crippen LogP contribution is -2.27. The molecule has 0 unspecified atom stereocenters. The van der Waals surface area contributed by atoms with Crippen molar-refractivity contribution in [3.63, 3.8) is 0 Å². The molecule has 2 N–H and O–H groups in total. The molecule has 1 amide bonds. The van der Waals surface area contributed by atoms with Crippen LogP contribution in [0.4, 0.5) is 20.6 Å². The molecule has 5 nitrogen and oxygen atoms in total. The standard InChI is InChI=1S/C15H18FN3O2S/c1-15(2,3)21-14(20)19-13-6-10(4-5-12(13)16)17-7-11-8-22-9-18-11/h4-6,8-9,17H,7H2,1-3H3,(H,19,20). The van der Waals surface area contributed by atoms with Crippen molar-refractivity contribution in [3.05, 3.63) is 40.6 Å².